The van der Waals surface area contributed by atoms with E-state index in [9.17, 15) is 13.2 Å². The molecule has 0 spiro atoms. The largest absolute Gasteiger partial charge is 0.490 e. The molecule has 7 nitrogen and oxygen atoms in total. The van der Waals surface area contributed by atoms with Gasteiger partial charge >= 0.3 is 0 Å². The Labute approximate surface area is 180 Å². The lowest BCUT2D eigenvalue weighted by molar-refractivity contribution is -0.116. The number of hydrogen-bond donors (Lipinski definition) is 1. The van der Waals surface area contributed by atoms with Crippen LogP contribution in [-0.2, 0) is 14.8 Å². The highest BCUT2D eigenvalue weighted by molar-refractivity contribution is 7.89. The minimum Gasteiger partial charge on any atom is -0.490 e. The van der Waals surface area contributed by atoms with Gasteiger partial charge in [-0.1, -0.05) is 23.2 Å². The number of halogens is 2. The first-order valence-corrected chi connectivity index (χ1v) is 11.0. The molecule has 0 fully saturated rings. The van der Waals surface area contributed by atoms with Gasteiger partial charge in [-0.15, -0.1) is 0 Å². The average Bonchev–Trinajstić information content (AvgIpc) is 2.66. The van der Waals surface area contributed by atoms with Crippen molar-refractivity contribution >= 4 is 44.8 Å². The van der Waals surface area contributed by atoms with Gasteiger partial charge in [-0.3, -0.25) is 4.79 Å². The van der Waals surface area contributed by atoms with E-state index in [2.05, 4.69) is 5.32 Å². The second-order valence-corrected chi connectivity index (χ2v) is 8.77. The highest BCUT2D eigenvalue weighted by Gasteiger charge is 2.26. The molecular weight excluding hydrogens is 439 g/mol. The number of amides is 1. The van der Waals surface area contributed by atoms with Gasteiger partial charge in [0.2, 0.25) is 15.9 Å². The maximum atomic E-state index is 12.7. The molecule has 2 aromatic carbocycles. The molecule has 2 rings (SSSR count). The van der Waals surface area contributed by atoms with Gasteiger partial charge in [0.1, 0.15) is 4.90 Å². The summed E-state index contributed by atoms with van der Waals surface area (Å²) in [6.07, 6.45) is 0. The number of anilines is 1. The van der Waals surface area contributed by atoms with Gasteiger partial charge in [-0.2, -0.15) is 4.31 Å². The summed E-state index contributed by atoms with van der Waals surface area (Å²) < 4.78 is 37.3. The van der Waals surface area contributed by atoms with Crippen LogP contribution in [0.2, 0.25) is 10.0 Å². The lowest BCUT2D eigenvalue weighted by atomic mass is 10.2. The molecule has 10 heteroatoms. The molecule has 0 aliphatic rings. The molecule has 2 aromatic rings. The van der Waals surface area contributed by atoms with Crippen LogP contribution in [0.15, 0.2) is 41.3 Å². The van der Waals surface area contributed by atoms with E-state index in [1.807, 2.05) is 13.8 Å². The standard InChI is InChI=1S/C19H22Cl2N2O5S/c1-4-27-16-9-7-14(11-17(16)28-5-2)22-19(24)12-23(3)29(25,26)18-10-13(20)6-8-15(18)21/h6-11H,4-5,12H2,1-3H3,(H,22,24). The summed E-state index contributed by atoms with van der Waals surface area (Å²) in [6, 6.07) is 9.06. The van der Waals surface area contributed by atoms with Crippen molar-refractivity contribution in [3.63, 3.8) is 0 Å². The molecule has 0 heterocycles. The molecule has 0 atom stereocenters. The molecule has 0 radical (unpaired) electrons. The Kier molecular flexibility index (Phi) is 8.15. The van der Waals surface area contributed by atoms with Crippen molar-refractivity contribution < 1.29 is 22.7 Å². The highest BCUT2D eigenvalue weighted by atomic mass is 35.5. The molecule has 0 aliphatic carbocycles. The molecule has 0 aromatic heterocycles. The Morgan fingerprint density at radius 2 is 1.69 bits per heavy atom. The Morgan fingerprint density at radius 3 is 2.34 bits per heavy atom. The van der Waals surface area contributed by atoms with E-state index in [0.717, 1.165) is 4.31 Å². The lowest BCUT2D eigenvalue weighted by Crippen LogP contribution is -2.35. The quantitative estimate of drug-likeness (QED) is 0.609. The molecular formula is C19H22Cl2N2O5S. The smallest absolute Gasteiger partial charge is 0.244 e. The molecule has 0 saturated heterocycles. The van der Waals surface area contributed by atoms with Gasteiger partial charge in [0.15, 0.2) is 11.5 Å². The van der Waals surface area contributed by atoms with Crippen LogP contribution in [0.5, 0.6) is 11.5 Å². The number of carbonyl (C=O) groups excluding carboxylic acids is 1. The summed E-state index contributed by atoms with van der Waals surface area (Å²) >= 11 is 11.9. The summed E-state index contributed by atoms with van der Waals surface area (Å²) in [5.41, 5.74) is 0.452. The SMILES string of the molecule is CCOc1ccc(NC(=O)CN(C)S(=O)(=O)c2cc(Cl)ccc2Cl)cc1OCC. The Balaban J connectivity index is 2.14. The first kappa shape index (κ1) is 23.3. The molecule has 0 saturated carbocycles. The number of nitrogens with zero attached hydrogens (tertiary/aromatic N) is 1. The van der Waals surface area contributed by atoms with Crippen LogP contribution in [0.1, 0.15) is 13.8 Å². The first-order valence-electron chi connectivity index (χ1n) is 8.79. The number of nitrogens with one attached hydrogen (secondary N) is 1. The van der Waals surface area contributed by atoms with Crippen molar-refractivity contribution in [3.05, 3.63) is 46.4 Å². The van der Waals surface area contributed by atoms with Crippen LogP contribution < -0.4 is 14.8 Å². The van der Waals surface area contributed by atoms with Crippen molar-refractivity contribution in [2.45, 2.75) is 18.7 Å². The molecule has 158 valence electrons. The number of ether oxygens (including phenoxy) is 2. The maximum Gasteiger partial charge on any atom is 0.244 e. The van der Waals surface area contributed by atoms with Gasteiger partial charge in [0.25, 0.3) is 0 Å². The first-order chi connectivity index (χ1) is 13.7. The second-order valence-electron chi connectivity index (χ2n) is 5.91. The Bertz CT molecular complexity index is 983. The highest BCUT2D eigenvalue weighted by Crippen LogP contribution is 2.31. The van der Waals surface area contributed by atoms with Gasteiger partial charge in [-0.05, 0) is 44.2 Å². The maximum absolute atomic E-state index is 12.7. The molecule has 0 unspecified atom stereocenters. The fourth-order valence-electron chi connectivity index (χ4n) is 2.46. The van der Waals surface area contributed by atoms with E-state index >= 15 is 0 Å². The summed E-state index contributed by atoms with van der Waals surface area (Å²) in [7, 11) is -2.71. The minimum atomic E-state index is -4.00. The Morgan fingerprint density at radius 1 is 1.03 bits per heavy atom. The summed E-state index contributed by atoms with van der Waals surface area (Å²) in [6.45, 7) is 4.18. The summed E-state index contributed by atoms with van der Waals surface area (Å²) in [4.78, 5) is 12.2. The predicted molar refractivity (Wildman–Crippen MR) is 114 cm³/mol. The normalized spacial score (nSPS) is 11.4. The van der Waals surface area contributed by atoms with Gasteiger partial charge in [0, 0.05) is 23.8 Å². The van der Waals surface area contributed by atoms with Gasteiger partial charge < -0.3 is 14.8 Å². The van der Waals surface area contributed by atoms with E-state index in [-0.39, 0.29) is 14.9 Å². The number of benzene rings is 2. The fourth-order valence-corrected chi connectivity index (χ4v) is 4.32. The van der Waals surface area contributed by atoms with Crippen molar-refractivity contribution in [3.8, 4) is 11.5 Å². The van der Waals surface area contributed by atoms with Crippen LogP contribution in [0.3, 0.4) is 0 Å². The van der Waals surface area contributed by atoms with Crippen LogP contribution in [0, 0.1) is 0 Å². The molecule has 1 amide bonds. The van der Waals surface area contributed by atoms with Crippen molar-refractivity contribution in [2.24, 2.45) is 0 Å². The monoisotopic (exact) mass is 460 g/mol. The Hall–Kier alpha value is -2.00. The van der Waals surface area contributed by atoms with Crippen LogP contribution in [0.4, 0.5) is 5.69 Å². The van der Waals surface area contributed by atoms with Crippen molar-refractivity contribution in [1.29, 1.82) is 0 Å². The molecule has 29 heavy (non-hydrogen) atoms. The second kappa shape index (κ2) is 10.2. The van der Waals surface area contributed by atoms with Crippen molar-refractivity contribution in [1.82, 2.24) is 4.31 Å². The van der Waals surface area contributed by atoms with E-state index in [1.165, 1.54) is 25.2 Å². The minimum absolute atomic E-state index is 0.0227. The van der Waals surface area contributed by atoms with Gasteiger partial charge in [-0.25, -0.2) is 8.42 Å². The lowest BCUT2D eigenvalue weighted by Gasteiger charge is -2.18. The third-order valence-electron chi connectivity index (χ3n) is 3.77. The topological polar surface area (TPSA) is 84.9 Å². The zero-order valence-electron chi connectivity index (χ0n) is 16.2. The van der Waals surface area contributed by atoms with Crippen LogP contribution in [-0.4, -0.2) is 45.4 Å². The van der Waals surface area contributed by atoms with E-state index < -0.39 is 22.5 Å². The molecule has 1 N–H and O–H groups in total. The average molecular weight is 461 g/mol. The fraction of sp³-hybridized carbons (Fsp3) is 0.316. The third-order valence-corrected chi connectivity index (χ3v) is 6.29. The third kappa shape index (κ3) is 5.99. The van der Waals surface area contributed by atoms with E-state index in [0.29, 0.717) is 30.4 Å². The van der Waals surface area contributed by atoms with E-state index in [4.69, 9.17) is 32.7 Å². The van der Waals surface area contributed by atoms with Gasteiger partial charge in [0.05, 0.1) is 24.8 Å². The number of rotatable bonds is 9. The zero-order valence-corrected chi connectivity index (χ0v) is 18.6. The van der Waals surface area contributed by atoms with Crippen LogP contribution >= 0.6 is 23.2 Å². The van der Waals surface area contributed by atoms with Crippen LogP contribution in [0.25, 0.3) is 0 Å². The van der Waals surface area contributed by atoms with Crippen molar-refractivity contribution in [2.75, 3.05) is 32.1 Å². The predicted octanol–water partition coefficient (Wildman–Crippen LogP) is 4.05. The van der Waals surface area contributed by atoms with E-state index in [1.54, 1.807) is 18.2 Å². The number of likely N-dealkylation sites (N-methyl/N-ethyl adjacent to an activating group) is 1. The molecule has 0 aliphatic heterocycles. The summed E-state index contributed by atoms with van der Waals surface area (Å²) in [5.74, 6) is 0.516. The number of carbonyl (C=O) groups is 1. The number of sulfonamides is 1. The summed E-state index contributed by atoms with van der Waals surface area (Å²) in [5, 5.41) is 2.90. The molecule has 0 bridgehead atoms. The zero-order chi connectivity index (χ0) is 21.6. The number of hydrogen-bond acceptors (Lipinski definition) is 5.